The van der Waals surface area contributed by atoms with Gasteiger partial charge in [0.2, 0.25) is 0 Å². The van der Waals surface area contributed by atoms with Crippen LogP contribution in [0.5, 0.6) is 0 Å². The molecule has 2 fully saturated rings. The van der Waals surface area contributed by atoms with E-state index in [-0.39, 0.29) is 0 Å². The summed E-state index contributed by atoms with van der Waals surface area (Å²) < 4.78 is 10.4. The van der Waals surface area contributed by atoms with Crippen LogP contribution in [0.2, 0.25) is 0 Å². The van der Waals surface area contributed by atoms with Crippen molar-refractivity contribution in [3.63, 3.8) is 0 Å². The summed E-state index contributed by atoms with van der Waals surface area (Å²) >= 11 is 0. The van der Waals surface area contributed by atoms with E-state index in [1.165, 1.54) is 13.0 Å². The van der Waals surface area contributed by atoms with E-state index in [9.17, 15) is 0 Å². The topological polar surface area (TPSA) is 21.7 Å². The van der Waals surface area contributed by atoms with Crippen molar-refractivity contribution in [3.8, 4) is 0 Å². The van der Waals surface area contributed by atoms with E-state index in [2.05, 4.69) is 4.90 Å². The van der Waals surface area contributed by atoms with Gasteiger partial charge in [-0.25, -0.2) is 0 Å². The molecular formula is C8H15NO2. The summed E-state index contributed by atoms with van der Waals surface area (Å²) in [5, 5.41) is 0. The van der Waals surface area contributed by atoms with Gasteiger partial charge in [0.25, 0.3) is 0 Å². The average molecular weight is 157 g/mol. The van der Waals surface area contributed by atoms with Gasteiger partial charge in [-0.2, -0.15) is 0 Å². The Morgan fingerprint density at radius 1 is 1.45 bits per heavy atom. The standard InChI is InChI=1S/C8H15NO2/c1-10-8-2-3-9(4-8)7-5-11-6-7/h7-8H,2-6H2,1H3. The zero-order chi connectivity index (χ0) is 7.68. The Labute approximate surface area is 67.3 Å². The first-order valence-electron chi connectivity index (χ1n) is 4.24. The van der Waals surface area contributed by atoms with Crippen LogP contribution < -0.4 is 0 Å². The van der Waals surface area contributed by atoms with Gasteiger partial charge in [0, 0.05) is 20.2 Å². The quantitative estimate of drug-likeness (QED) is 0.567. The normalized spacial score (nSPS) is 34.1. The van der Waals surface area contributed by atoms with Gasteiger partial charge < -0.3 is 9.47 Å². The van der Waals surface area contributed by atoms with Crippen LogP contribution >= 0.6 is 0 Å². The molecule has 2 aliphatic heterocycles. The molecule has 2 saturated heterocycles. The highest BCUT2D eigenvalue weighted by Crippen LogP contribution is 2.18. The summed E-state index contributed by atoms with van der Waals surface area (Å²) in [4.78, 5) is 2.47. The molecule has 0 aromatic rings. The summed E-state index contributed by atoms with van der Waals surface area (Å²) in [7, 11) is 1.80. The zero-order valence-corrected chi connectivity index (χ0v) is 6.95. The van der Waals surface area contributed by atoms with E-state index in [1.807, 2.05) is 0 Å². The monoisotopic (exact) mass is 157 g/mol. The smallest absolute Gasteiger partial charge is 0.0710 e. The van der Waals surface area contributed by atoms with Crippen molar-refractivity contribution in [2.75, 3.05) is 33.4 Å². The molecule has 64 valence electrons. The van der Waals surface area contributed by atoms with Crippen molar-refractivity contribution in [3.05, 3.63) is 0 Å². The highest BCUT2D eigenvalue weighted by molar-refractivity contribution is 4.84. The first-order valence-corrected chi connectivity index (χ1v) is 4.24. The molecule has 2 rings (SSSR count). The molecule has 0 saturated carbocycles. The SMILES string of the molecule is COC1CCN(C2COC2)C1. The zero-order valence-electron chi connectivity index (χ0n) is 6.95. The molecule has 0 N–H and O–H groups in total. The third kappa shape index (κ3) is 1.41. The Bertz CT molecular complexity index is 136. The third-order valence-electron chi connectivity index (χ3n) is 2.65. The highest BCUT2D eigenvalue weighted by Gasteiger charge is 2.31. The Hall–Kier alpha value is -0.120. The molecule has 2 heterocycles. The summed E-state index contributed by atoms with van der Waals surface area (Å²) in [5.74, 6) is 0. The molecule has 1 atom stereocenters. The Balaban J connectivity index is 1.79. The van der Waals surface area contributed by atoms with Crippen molar-refractivity contribution in [1.29, 1.82) is 0 Å². The van der Waals surface area contributed by atoms with Crippen LogP contribution in [0, 0.1) is 0 Å². The van der Waals surface area contributed by atoms with Crippen LogP contribution in [-0.2, 0) is 9.47 Å². The number of likely N-dealkylation sites (tertiary alicyclic amines) is 1. The predicted molar refractivity (Wildman–Crippen MR) is 41.6 cm³/mol. The van der Waals surface area contributed by atoms with Crippen LogP contribution in [-0.4, -0.2) is 50.5 Å². The second-order valence-electron chi connectivity index (χ2n) is 3.33. The van der Waals surface area contributed by atoms with Crippen LogP contribution in [0.15, 0.2) is 0 Å². The third-order valence-corrected chi connectivity index (χ3v) is 2.65. The molecule has 2 aliphatic rings. The van der Waals surface area contributed by atoms with Crippen LogP contribution in [0.4, 0.5) is 0 Å². The largest absolute Gasteiger partial charge is 0.380 e. The lowest BCUT2D eigenvalue weighted by molar-refractivity contribution is -0.0608. The lowest BCUT2D eigenvalue weighted by Gasteiger charge is -2.34. The van der Waals surface area contributed by atoms with E-state index in [0.717, 1.165) is 19.8 Å². The highest BCUT2D eigenvalue weighted by atomic mass is 16.5. The number of methoxy groups -OCH3 is 1. The summed E-state index contributed by atoms with van der Waals surface area (Å²) in [6, 6.07) is 0.690. The molecule has 11 heavy (non-hydrogen) atoms. The van der Waals surface area contributed by atoms with Gasteiger partial charge in [0.15, 0.2) is 0 Å². The Morgan fingerprint density at radius 2 is 2.27 bits per heavy atom. The lowest BCUT2D eigenvalue weighted by Crippen LogP contribution is -2.48. The van der Waals surface area contributed by atoms with E-state index in [0.29, 0.717) is 12.1 Å². The minimum absolute atomic E-state index is 0.468. The fraction of sp³-hybridized carbons (Fsp3) is 1.00. The molecule has 3 heteroatoms. The van der Waals surface area contributed by atoms with Crippen molar-refractivity contribution in [1.82, 2.24) is 4.90 Å². The molecule has 1 unspecified atom stereocenters. The van der Waals surface area contributed by atoms with Crippen molar-refractivity contribution in [2.45, 2.75) is 18.6 Å². The van der Waals surface area contributed by atoms with E-state index in [1.54, 1.807) is 7.11 Å². The maximum atomic E-state index is 5.28. The number of hydrogen-bond donors (Lipinski definition) is 0. The van der Waals surface area contributed by atoms with Crippen LogP contribution in [0.25, 0.3) is 0 Å². The van der Waals surface area contributed by atoms with Crippen molar-refractivity contribution in [2.24, 2.45) is 0 Å². The molecule has 3 nitrogen and oxygen atoms in total. The van der Waals surface area contributed by atoms with Crippen molar-refractivity contribution < 1.29 is 9.47 Å². The molecule has 0 aromatic heterocycles. The van der Waals surface area contributed by atoms with E-state index >= 15 is 0 Å². The second kappa shape index (κ2) is 3.09. The minimum Gasteiger partial charge on any atom is -0.380 e. The molecule has 0 aromatic carbocycles. The molecule has 0 aliphatic carbocycles. The second-order valence-corrected chi connectivity index (χ2v) is 3.33. The first kappa shape index (κ1) is 7.53. The Morgan fingerprint density at radius 3 is 2.73 bits per heavy atom. The Kier molecular flexibility index (Phi) is 2.11. The molecule has 0 amide bonds. The minimum atomic E-state index is 0.468. The molecule has 0 bridgehead atoms. The first-order chi connectivity index (χ1) is 5.40. The summed E-state index contributed by atoms with van der Waals surface area (Å²) in [5.41, 5.74) is 0. The lowest BCUT2D eigenvalue weighted by atomic mass is 10.2. The van der Waals surface area contributed by atoms with Gasteiger partial charge >= 0.3 is 0 Å². The fourth-order valence-corrected chi connectivity index (χ4v) is 1.71. The number of rotatable bonds is 2. The van der Waals surface area contributed by atoms with E-state index < -0.39 is 0 Å². The predicted octanol–water partition coefficient (Wildman–Crippen LogP) is 0.106. The number of ether oxygens (including phenoxy) is 2. The number of hydrogen-bond acceptors (Lipinski definition) is 3. The summed E-state index contributed by atoms with van der Waals surface area (Å²) in [6.07, 6.45) is 1.66. The van der Waals surface area contributed by atoms with Crippen LogP contribution in [0.3, 0.4) is 0 Å². The van der Waals surface area contributed by atoms with Gasteiger partial charge in [-0.05, 0) is 6.42 Å². The van der Waals surface area contributed by atoms with Gasteiger partial charge in [0.05, 0.1) is 25.4 Å². The van der Waals surface area contributed by atoms with Gasteiger partial charge in [-0.3, -0.25) is 4.90 Å². The van der Waals surface area contributed by atoms with E-state index in [4.69, 9.17) is 9.47 Å². The van der Waals surface area contributed by atoms with Gasteiger partial charge in [-0.15, -0.1) is 0 Å². The van der Waals surface area contributed by atoms with Gasteiger partial charge in [-0.1, -0.05) is 0 Å². The molecule has 0 radical (unpaired) electrons. The maximum Gasteiger partial charge on any atom is 0.0710 e. The fourth-order valence-electron chi connectivity index (χ4n) is 1.71. The molecular weight excluding hydrogens is 142 g/mol. The van der Waals surface area contributed by atoms with Gasteiger partial charge in [0.1, 0.15) is 0 Å². The molecule has 0 spiro atoms. The van der Waals surface area contributed by atoms with Crippen LogP contribution in [0.1, 0.15) is 6.42 Å². The average Bonchev–Trinajstić information content (AvgIpc) is 2.32. The number of nitrogens with zero attached hydrogens (tertiary/aromatic N) is 1. The van der Waals surface area contributed by atoms with Crippen molar-refractivity contribution >= 4 is 0 Å². The maximum absolute atomic E-state index is 5.28. The summed E-state index contributed by atoms with van der Waals surface area (Å²) in [6.45, 7) is 4.14.